The highest BCUT2D eigenvalue weighted by atomic mass is 127. The number of nitrogens with zero attached hydrogens (tertiary/aromatic N) is 1. The van der Waals surface area contributed by atoms with E-state index < -0.39 is 0 Å². The van der Waals surface area contributed by atoms with Gasteiger partial charge in [-0.2, -0.15) is 0 Å². The van der Waals surface area contributed by atoms with Crippen LogP contribution in [0.15, 0.2) is 41.3 Å². The Hall–Kier alpha value is -1.04. The molecule has 0 aliphatic rings. The molecule has 0 aliphatic carbocycles. The van der Waals surface area contributed by atoms with Crippen molar-refractivity contribution in [3.8, 4) is 0 Å². The largest absolute Gasteiger partial charge is 0.451 e. The average Bonchev–Trinajstić information content (AvgIpc) is 2.69. The topological polar surface area (TPSA) is 38.1 Å². The minimum Gasteiger partial charge on any atom is -0.451 e. The molecule has 1 N–H and O–H groups in total. The SMILES string of the molecule is Ic1ccccc1NCc1cocn1. The molecular formula is C10H9IN2O. The summed E-state index contributed by atoms with van der Waals surface area (Å²) in [5, 5.41) is 3.29. The lowest BCUT2D eigenvalue weighted by Gasteiger charge is -2.05. The van der Waals surface area contributed by atoms with Crippen LogP contribution in [-0.2, 0) is 6.54 Å². The van der Waals surface area contributed by atoms with Crippen molar-refractivity contribution in [1.82, 2.24) is 4.98 Å². The monoisotopic (exact) mass is 300 g/mol. The van der Waals surface area contributed by atoms with Gasteiger partial charge >= 0.3 is 0 Å². The van der Waals surface area contributed by atoms with E-state index in [0.29, 0.717) is 6.54 Å². The molecule has 14 heavy (non-hydrogen) atoms. The molecule has 1 aromatic heterocycles. The normalized spacial score (nSPS) is 10.1. The zero-order valence-electron chi connectivity index (χ0n) is 7.40. The van der Waals surface area contributed by atoms with Crippen molar-refractivity contribution in [2.75, 3.05) is 5.32 Å². The highest BCUT2D eigenvalue weighted by Gasteiger charge is 1.98. The maximum absolute atomic E-state index is 4.88. The standard InChI is InChI=1S/C10H9IN2O/c11-9-3-1-2-4-10(9)12-5-8-6-14-7-13-8/h1-4,6-7,12H,5H2. The minimum absolute atomic E-state index is 0.691. The van der Waals surface area contributed by atoms with Crippen LogP contribution in [-0.4, -0.2) is 4.98 Å². The van der Waals surface area contributed by atoms with Gasteiger partial charge in [0.25, 0.3) is 0 Å². The summed E-state index contributed by atoms with van der Waals surface area (Å²) >= 11 is 2.30. The fourth-order valence-corrected chi connectivity index (χ4v) is 1.69. The molecule has 4 heteroatoms. The van der Waals surface area contributed by atoms with Crippen molar-refractivity contribution in [2.24, 2.45) is 0 Å². The number of para-hydroxylation sites is 1. The molecule has 0 unspecified atom stereocenters. The van der Waals surface area contributed by atoms with E-state index in [-0.39, 0.29) is 0 Å². The summed E-state index contributed by atoms with van der Waals surface area (Å²) < 4.78 is 6.08. The number of rotatable bonds is 3. The smallest absolute Gasteiger partial charge is 0.180 e. The van der Waals surface area contributed by atoms with Crippen LogP contribution in [0.5, 0.6) is 0 Å². The lowest BCUT2D eigenvalue weighted by molar-refractivity contribution is 0.556. The van der Waals surface area contributed by atoms with Crippen molar-refractivity contribution in [2.45, 2.75) is 6.54 Å². The number of aromatic nitrogens is 1. The number of halogens is 1. The molecule has 1 heterocycles. The average molecular weight is 300 g/mol. The van der Waals surface area contributed by atoms with Gasteiger partial charge in [-0.1, -0.05) is 12.1 Å². The molecule has 1 aromatic carbocycles. The van der Waals surface area contributed by atoms with Gasteiger partial charge in [0.1, 0.15) is 6.26 Å². The van der Waals surface area contributed by atoms with E-state index in [1.165, 1.54) is 9.96 Å². The van der Waals surface area contributed by atoms with Gasteiger partial charge in [-0.15, -0.1) is 0 Å². The molecule has 0 bridgehead atoms. The van der Waals surface area contributed by atoms with Crippen LogP contribution in [0.3, 0.4) is 0 Å². The quantitative estimate of drug-likeness (QED) is 0.886. The van der Waals surface area contributed by atoms with E-state index in [0.717, 1.165) is 11.4 Å². The Kier molecular flexibility index (Phi) is 3.03. The Morgan fingerprint density at radius 2 is 2.21 bits per heavy atom. The predicted molar refractivity (Wildman–Crippen MR) is 63.0 cm³/mol. The zero-order chi connectivity index (χ0) is 9.80. The van der Waals surface area contributed by atoms with Crippen molar-refractivity contribution < 1.29 is 4.42 Å². The molecule has 0 amide bonds. The van der Waals surface area contributed by atoms with E-state index in [2.05, 4.69) is 39.0 Å². The second kappa shape index (κ2) is 4.45. The molecule has 2 rings (SSSR count). The van der Waals surface area contributed by atoms with E-state index in [4.69, 9.17) is 4.42 Å². The third kappa shape index (κ3) is 2.25. The van der Waals surface area contributed by atoms with E-state index in [1.54, 1.807) is 6.26 Å². The maximum Gasteiger partial charge on any atom is 0.180 e. The molecule has 0 aliphatic heterocycles. The molecule has 0 fully saturated rings. The number of benzene rings is 1. The summed E-state index contributed by atoms with van der Waals surface area (Å²) in [4.78, 5) is 4.03. The molecule has 3 nitrogen and oxygen atoms in total. The van der Waals surface area contributed by atoms with Gasteiger partial charge < -0.3 is 9.73 Å². The molecular weight excluding hydrogens is 291 g/mol. The number of nitrogens with one attached hydrogen (secondary N) is 1. The highest BCUT2D eigenvalue weighted by molar-refractivity contribution is 14.1. The van der Waals surface area contributed by atoms with Crippen LogP contribution in [0.4, 0.5) is 5.69 Å². The lowest BCUT2D eigenvalue weighted by Crippen LogP contribution is -2.00. The van der Waals surface area contributed by atoms with Crippen molar-refractivity contribution in [1.29, 1.82) is 0 Å². The predicted octanol–water partition coefficient (Wildman–Crippen LogP) is 2.89. The van der Waals surface area contributed by atoms with Crippen LogP contribution in [0.2, 0.25) is 0 Å². The van der Waals surface area contributed by atoms with E-state index >= 15 is 0 Å². The van der Waals surface area contributed by atoms with Gasteiger partial charge in [-0.3, -0.25) is 0 Å². The van der Waals surface area contributed by atoms with Crippen LogP contribution in [0.1, 0.15) is 5.69 Å². The van der Waals surface area contributed by atoms with Crippen LogP contribution < -0.4 is 5.32 Å². The fraction of sp³-hybridized carbons (Fsp3) is 0.100. The maximum atomic E-state index is 4.88. The summed E-state index contributed by atoms with van der Waals surface area (Å²) in [6.45, 7) is 0.691. The Morgan fingerprint density at radius 3 is 2.93 bits per heavy atom. The number of hydrogen-bond donors (Lipinski definition) is 1. The van der Waals surface area contributed by atoms with Crippen LogP contribution in [0.25, 0.3) is 0 Å². The van der Waals surface area contributed by atoms with Crippen molar-refractivity contribution in [3.05, 3.63) is 46.2 Å². The Labute approximate surface area is 95.7 Å². The zero-order valence-corrected chi connectivity index (χ0v) is 9.56. The highest BCUT2D eigenvalue weighted by Crippen LogP contribution is 2.17. The number of anilines is 1. The molecule has 0 atom stereocenters. The Balaban J connectivity index is 2.02. The minimum atomic E-state index is 0.691. The van der Waals surface area contributed by atoms with Gasteiger partial charge in [0.15, 0.2) is 6.39 Å². The third-order valence-electron chi connectivity index (χ3n) is 1.82. The van der Waals surface area contributed by atoms with Gasteiger partial charge in [-0.25, -0.2) is 4.98 Å². The third-order valence-corrected chi connectivity index (χ3v) is 2.76. The molecule has 0 saturated heterocycles. The summed E-state index contributed by atoms with van der Waals surface area (Å²) in [6.07, 6.45) is 3.08. The summed E-state index contributed by atoms with van der Waals surface area (Å²) in [5.74, 6) is 0. The number of oxazole rings is 1. The first kappa shape index (κ1) is 9.51. The lowest BCUT2D eigenvalue weighted by atomic mass is 10.3. The summed E-state index contributed by atoms with van der Waals surface area (Å²) in [5.41, 5.74) is 2.03. The van der Waals surface area contributed by atoms with Gasteiger partial charge in [0, 0.05) is 9.26 Å². The van der Waals surface area contributed by atoms with E-state index in [1.807, 2.05) is 18.2 Å². The summed E-state index contributed by atoms with van der Waals surface area (Å²) in [7, 11) is 0. The Morgan fingerprint density at radius 1 is 1.36 bits per heavy atom. The molecule has 0 radical (unpaired) electrons. The van der Waals surface area contributed by atoms with Gasteiger partial charge in [0.2, 0.25) is 0 Å². The van der Waals surface area contributed by atoms with Crippen molar-refractivity contribution >= 4 is 28.3 Å². The summed E-state index contributed by atoms with van der Waals surface area (Å²) in [6, 6.07) is 8.13. The molecule has 2 aromatic rings. The van der Waals surface area contributed by atoms with Gasteiger partial charge in [0.05, 0.1) is 12.2 Å². The molecule has 72 valence electrons. The number of hydrogen-bond acceptors (Lipinski definition) is 3. The van der Waals surface area contributed by atoms with Crippen LogP contribution in [0, 0.1) is 3.57 Å². The Bertz CT molecular complexity index is 400. The first-order chi connectivity index (χ1) is 6.86. The molecule has 0 saturated carbocycles. The van der Waals surface area contributed by atoms with Gasteiger partial charge in [-0.05, 0) is 34.7 Å². The first-order valence-electron chi connectivity index (χ1n) is 4.22. The first-order valence-corrected chi connectivity index (χ1v) is 5.29. The van der Waals surface area contributed by atoms with Crippen molar-refractivity contribution in [3.63, 3.8) is 0 Å². The van der Waals surface area contributed by atoms with Crippen LogP contribution >= 0.6 is 22.6 Å². The second-order valence-electron chi connectivity index (χ2n) is 2.81. The van der Waals surface area contributed by atoms with E-state index in [9.17, 15) is 0 Å². The fourth-order valence-electron chi connectivity index (χ4n) is 1.12. The second-order valence-corrected chi connectivity index (χ2v) is 3.98. The molecule has 0 spiro atoms.